The van der Waals surface area contributed by atoms with E-state index in [2.05, 4.69) is 20.8 Å². The van der Waals surface area contributed by atoms with Crippen molar-refractivity contribution in [1.29, 1.82) is 0 Å². The minimum atomic E-state index is -0.508. The highest BCUT2D eigenvalue weighted by atomic mass is 32.2. The van der Waals surface area contributed by atoms with Crippen LogP contribution in [0.15, 0.2) is 47.6 Å². The van der Waals surface area contributed by atoms with Gasteiger partial charge in [-0.1, -0.05) is 30.0 Å². The number of aromatic nitrogens is 4. The summed E-state index contributed by atoms with van der Waals surface area (Å²) < 4.78 is 15.3. The van der Waals surface area contributed by atoms with Gasteiger partial charge in [0.25, 0.3) is 0 Å². The van der Waals surface area contributed by atoms with E-state index in [1.807, 2.05) is 32.0 Å². The summed E-state index contributed by atoms with van der Waals surface area (Å²) in [7, 11) is 0. The second-order valence-electron chi connectivity index (χ2n) is 5.87. The van der Waals surface area contributed by atoms with Crippen molar-refractivity contribution in [2.24, 2.45) is 0 Å². The molecule has 6 nitrogen and oxygen atoms in total. The molecular weight excluding hydrogens is 353 g/mol. The number of carbonyl (C=O) groups excluding carboxylic acids is 1. The first-order chi connectivity index (χ1) is 12.5. The molecular formula is C18H18FN5OS. The standard InChI is InChI=1S/C18H18FN5OS/c1-11-8-9-14(10-12(11)2)24-18(21-22-23-24)26-13(3)17(25)20-16-7-5-4-6-15(16)19/h4-10,13H,1-3H3,(H,20,25)/t13-/m1/s1. The van der Waals surface area contributed by atoms with Crippen LogP contribution in [-0.4, -0.2) is 31.4 Å². The molecule has 0 spiro atoms. The van der Waals surface area contributed by atoms with E-state index in [0.29, 0.717) is 5.16 Å². The zero-order valence-corrected chi connectivity index (χ0v) is 15.4. The number of halogens is 1. The van der Waals surface area contributed by atoms with Gasteiger partial charge in [-0.2, -0.15) is 4.68 Å². The minimum absolute atomic E-state index is 0.152. The van der Waals surface area contributed by atoms with Crippen molar-refractivity contribution in [3.63, 3.8) is 0 Å². The average molecular weight is 371 g/mol. The molecule has 0 saturated heterocycles. The van der Waals surface area contributed by atoms with Gasteiger partial charge in [-0.15, -0.1) is 5.10 Å². The lowest BCUT2D eigenvalue weighted by Crippen LogP contribution is -2.23. The highest BCUT2D eigenvalue weighted by Gasteiger charge is 2.20. The summed E-state index contributed by atoms with van der Waals surface area (Å²) in [6.45, 7) is 5.77. The van der Waals surface area contributed by atoms with E-state index in [0.717, 1.165) is 11.3 Å². The molecule has 0 bridgehead atoms. The Morgan fingerprint density at radius 2 is 1.96 bits per heavy atom. The molecule has 0 unspecified atom stereocenters. The molecule has 1 amide bonds. The second-order valence-corrected chi connectivity index (χ2v) is 7.18. The summed E-state index contributed by atoms with van der Waals surface area (Å²) in [6, 6.07) is 12.0. The number of thioether (sulfide) groups is 1. The molecule has 1 heterocycles. The molecule has 3 aromatic rings. The molecule has 1 aromatic heterocycles. The van der Waals surface area contributed by atoms with Crippen LogP contribution in [0.4, 0.5) is 10.1 Å². The van der Waals surface area contributed by atoms with Gasteiger partial charge in [-0.05, 0) is 66.6 Å². The van der Waals surface area contributed by atoms with Gasteiger partial charge in [0.05, 0.1) is 16.6 Å². The molecule has 26 heavy (non-hydrogen) atoms. The Bertz CT molecular complexity index is 943. The summed E-state index contributed by atoms with van der Waals surface area (Å²) in [6.07, 6.45) is 0. The molecule has 0 fully saturated rings. The van der Waals surface area contributed by atoms with Crippen LogP contribution in [0.25, 0.3) is 5.69 Å². The quantitative estimate of drug-likeness (QED) is 0.695. The summed E-state index contributed by atoms with van der Waals surface area (Å²) >= 11 is 1.21. The van der Waals surface area contributed by atoms with Gasteiger partial charge in [0.15, 0.2) is 0 Å². The van der Waals surface area contributed by atoms with Gasteiger partial charge in [0.2, 0.25) is 11.1 Å². The number of hydrogen-bond acceptors (Lipinski definition) is 5. The van der Waals surface area contributed by atoms with E-state index in [-0.39, 0.29) is 11.6 Å². The second kappa shape index (κ2) is 7.65. The third-order valence-corrected chi connectivity index (χ3v) is 4.99. The lowest BCUT2D eigenvalue weighted by Gasteiger charge is -2.12. The molecule has 8 heteroatoms. The molecule has 1 N–H and O–H groups in total. The smallest absolute Gasteiger partial charge is 0.237 e. The summed E-state index contributed by atoms with van der Waals surface area (Å²) in [5.74, 6) is -0.798. The molecule has 0 radical (unpaired) electrons. The van der Waals surface area contributed by atoms with E-state index >= 15 is 0 Å². The van der Waals surface area contributed by atoms with Crippen LogP contribution in [0.5, 0.6) is 0 Å². The number of para-hydroxylation sites is 1. The highest BCUT2D eigenvalue weighted by molar-refractivity contribution is 8.00. The third kappa shape index (κ3) is 3.91. The van der Waals surface area contributed by atoms with Crippen LogP contribution in [0.1, 0.15) is 18.1 Å². The van der Waals surface area contributed by atoms with Gasteiger partial charge in [0.1, 0.15) is 5.82 Å². The number of anilines is 1. The number of nitrogens with one attached hydrogen (secondary N) is 1. The predicted molar refractivity (Wildman–Crippen MR) is 99.0 cm³/mol. The maximum atomic E-state index is 13.7. The van der Waals surface area contributed by atoms with Crippen LogP contribution in [0.2, 0.25) is 0 Å². The first-order valence-electron chi connectivity index (χ1n) is 8.04. The maximum Gasteiger partial charge on any atom is 0.237 e. The van der Waals surface area contributed by atoms with E-state index < -0.39 is 11.1 Å². The number of hydrogen-bond donors (Lipinski definition) is 1. The lowest BCUT2D eigenvalue weighted by molar-refractivity contribution is -0.115. The highest BCUT2D eigenvalue weighted by Crippen LogP contribution is 2.25. The number of amides is 1. The Hall–Kier alpha value is -2.74. The van der Waals surface area contributed by atoms with Crippen molar-refractivity contribution in [1.82, 2.24) is 20.2 Å². The SMILES string of the molecule is Cc1ccc(-n2nnnc2S[C@H](C)C(=O)Nc2ccccc2F)cc1C. The number of nitrogens with zero attached hydrogens (tertiary/aromatic N) is 4. The number of benzene rings is 2. The fourth-order valence-electron chi connectivity index (χ4n) is 2.28. The molecule has 0 aliphatic carbocycles. The summed E-state index contributed by atoms with van der Waals surface area (Å²) in [5.41, 5.74) is 3.27. The summed E-state index contributed by atoms with van der Waals surface area (Å²) in [5, 5.41) is 14.3. The van der Waals surface area contributed by atoms with Gasteiger partial charge in [-0.3, -0.25) is 4.79 Å². The first kappa shape index (κ1) is 18.1. The van der Waals surface area contributed by atoms with Crippen LogP contribution in [-0.2, 0) is 4.79 Å². The topological polar surface area (TPSA) is 72.7 Å². The first-order valence-corrected chi connectivity index (χ1v) is 8.91. The molecule has 0 aliphatic rings. The Balaban J connectivity index is 1.75. The van der Waals surface area contributed by atoms with Gasteiger partial charge in [0, 0.05) is 0 Å². The Labute approximate surface area is 154 Å². The van der Waals surface area contributed by atoms with Crippen molar-refractivity contribution in [3.8, 4) is 5.69 Å². The normalized spacial score (nSPS) is 12.0. The molecule has 1 atom stereocenters. The lowest BCUT2D eigenvalue weighted by atomic mass is 10.1. The number of tetrazole rings is 1. The number of aryl methyl sites for hydroxylation is 2. The van der Waals surface area contributed by atoms with E-state index in [4.69, 9.17) is 0 Å². The Kier molecular flexibility index (Phi) is 5.32. The van der Waals surface area contributed by atoms with E-state index in [1.54, 1.807) is 23.7 Å². The van der Waals surface area contributed by atoms with E-state index in [9.17, 15) is 9.18 Å². The summed E-state index contributed by atoms with van der Waals surface area (Å²) in [4.78, 5) is 12.4. The van der Waals surface area contributed by atoms with Crippen molar-refractivity contribution in [2.45, 2.75) is 31.2 Å². The molecule has 0 aliphatic heterocycles. The molecule has 2 aromatic carbocycles. The maximum absolute atomic E-state index is 13.7. The third-order valence-electron chi connectivity index (χ3n) is 3.96. The van der Waals surface area contributed by atoms with Crippen molar-refractivity contribution >= 4 is 23.4 Å². The fourth-order valence-corrected chi connectivity index (χ4v) is 3.09. The number of rotatable bonds is 5. The molecule has 0 saturated carbocycles. The Morgan fingerprint density at radius 3 is 2.69 bits per heavy atom. The zero-order chi connectivity index (χ0) is 18.7. The van der Waals surface area contributed by atoms with Crippen molar-refractivity contribution in [3.05, 3.63) is 59.4 Å². The van der Waals surface area contributed by atoms with Crippen LogP contribution >= 0.6 is 11.8 Å². The van der Waals surface area contributed by atoms with Crippen molar-refractivity contribution < 1.29 is 9.18 Å². The predicted octanol–water partition coefficient (Wildman–Crippen LogP) is 3.54. The van der Waals surface area contributed by atoms with Gasteiger partial charge in [-0.25, -0.2) is 4.39 Å². The molecule has 3 rings (SSSR count). The van der Waals surface area contributed by atoms with E-state index in [1.165, 1.54) is 29.5 Å². The largest absolute Gasteiger partial charge is 0.323 e. The fraction of sp³-hybridized carbons (Fsp3) is 0.222. The van der Waals surface area contributed by atoms with Gasteiger partial charge < -0.3 is 5.32 Å². The average Bonchev–Trinajstić information content (AvgIpc) is 3.07. The monoisotopic (exact) mass is 371 g/mol. The van der Waals surface area contributed by atoms with Crippen LogP contribution in [0, 0.1) is 19.7 Å². The van der Waals surface area contributed by atoms with Gasteiger partial charge >= 0.3 is 0 Å². The van der Waals surface area contributed by atoms with Crippen LogP contribution < -0.4 is 5.32 Å². The minimum Gasteiger partial charge on any atom is -0.323 e. The zero-order valence-electron chi connectivity index (χ0n) is 14.6. The van der Waals surface area contributed by atoms with Crippen LogP contribution in [0.3, 0.4) is 0 Å². The molecule has 134 valence electrons. The Morgan fingerprint density at radius 1 is 1.19 bits per heavy atom. The number of carbonyl (C=O) groups is 1. The van der Waals surface area contributed by atoms with Crippen molar-refractivity contribution in [2.75, 3.05) is 5.32 Å².